The lowest BCUT2D eigenvalue weighted by Crippen LogP contribution is -2.31. The Morgan fingerprint density at radius 1 is 1.31 bits per heavy atom. The van der Waals surface area contributed by atoms with Gasteiger partial charge in [-0.2, -0.15) is 0 Å². The fourth-order valence-corrected chi connectivity index (χ4v) is 3.65. The van der Waals surface area contributed by atoms with E-state index in [1.165, 1.54) is 24.3 Å². The monoisotopic (exact) mass is 467 g/mol. The second kappa shape index (κ2) is 9.33. The van der Waals surface area contributed by atoms with Crippen LogP contribution in [0.2, 0.25) is 0 Å². The van der Waals surface area contributed by atoms with E-state index in [1.807, 2.05) is 0 Å². The van der Waals surface area contributed by atoms with Gasteiger partial charge in [0, 0.05) is 28.6 Å². The van der Waals surface area contributed by atoms with Crippen LogP contribution >= 0.6 is 0 Å². The van der Waals surface area contributed by atoms with Crippen LogP contribution in [0.4, 0.5) is 10.3 Å². The van der Waals surface area contributed by atoms with E-state index in [-0.39, 0.29) is 28.8 Å². The molecule has 0 spiro atoms. The first-order valence-corrected chi connectivity index (χ1v) is 11.8. The van der Waals surface area contributed by atoms with Gasteiger partial charge in [-0.25, -0.2) is 27.1 Å². The number of anilines is 1. The normalized spacial score (nSPS) is 21.2. The molecular formula is C22H26FN3O5S. The number of carbonyl (C=O) groups excluding carboxylic acids is 1. The molecule has 10 heteroatoms. The first-order chi connectivity index (χ1) is 16.2. The molecule has 3 rings (SSSR count). The van der Waals surface area contributed by atoms with Crippen molar-refractivity contribution >= 4 is 28.0 Å². The SMILES string of the molecule is [2H][13C]([2H])([2H])N(c1nc(-c2ccc(F)cc2)c(/C=C/[C@@H]2C[C@@H](O)CC(=O)O2)c(C(C)C)n1)S(C)(=O)=O. The zero-order valence-electron chi connectivity index (χ0n) is 20.8. The van der Waals surface area contributed by atoms with Crippen molar-refractivity contribution in [2.24, 2.45) is 0 Å². The molecule has 8 nitrogen and oxygen atoms in total. The van der Waals surface area contributed by atoms with Gasteiger partial charge in [0.15, 0.2) is 0 Å². The number of rotatable bonds is 6. The number of aliphatic hydroxyl groups is 1. The maximum absolute atomic E-state index is 13.6. The largest absolute Gasteiger partial charge is 0.458 e. The Kier molecular flexibility index (Phi) is 5.78. The zero-order chi connectivity index (χ0) is 26.1. The molecule has 1 aromatic carbocycles. The summed E-state index contributed by atoms with van der Waals surface area (Å²) in [6.07, 6.45) is 2.38. The van der Waals surface area contributed by atoms with Gasteiger partial charge in [-0.3, -0.25) is 4.79 Å². The number of hydrogen-bond donors (Lipinski definition) is 1. The van der Waals surface area contributed by atoms with Gasteiger partial charge in [-0.1, -0.05) is 19.9 Å². The fraction of sp³-hybridized carbons (Fsp3) is 0.409. The van der Waals surface area contributed by atoms with E-state index in [9.17, 15) is 22.7 Å². The highest BCUT2D eigenvalue weighted by Crippen LogP contribution is 2.32. The Morgan fingerprint density at radius 2 is 2.00 bits per heavy atom. The Labute approximate surface area is 191 Å². The van der Waals surface area contributed by atoms with Crippen molar-refractivity contribution in [1.82, 2.24) is 9.97 Å². The smallest absolute Gasteiger partial charge is 0.309 e. The average Bonchev–Trinajstić information content (AvgIpc) is 2.70. The molecule has 0 aliphatic carbocycles. The second-order valence-corrected chi connectivity index (χ2v) is 9.67. The van der Waals surface area contributed by atoms with Crippen molar-refractivity contribution in [3.63, 3.8) is 0 Å². The number of ether oxygens (including phenoxy) is 1. The zero-order valence-corrected chi connectivity index (χ0v) is 18.6. The number of halogens is 1. The highest BCUT2D eigenvalue weighted by Gasteiger charge is 2.26. The molecule has 1 N–H and O–H groups in total. The lowest BCUT2D eigenvalue weighted by molar-refractivity contribution is -0.156. The van der Waals surface area contributed by atoms with E-state index in [4.69, 9.17) is 8.85 Å². The van der Waals surface area contributed by atoms with Crippen LogP contribution in [0, 0.1) is 5.82 Å². The average molecular weight is 468 g/mol. The van der Waals surface area contributed by atoms with Crippen LogP contribution < -0.4 is 4.31 Å². The maximum atomic E-state index is 13.6. The van der Waals surface area contributed by atoms with Gasteiger partial charge < -0.3 is 9.84 Å². The quantitative estimate of drug-likeness (QED) is 0.514. The lowest BCUT2D eigenvalue weighted by atomic mass is 9.97. The number of aliphatic hydroxyl groups excluding tert-OH is 1. The molecule has 2 atom stereocenters. The van der Waals surface area contributed by atoms with Crippen LogP contribution in [0.1, 0.15) is 48.0 Å². The van der Waals surface area contributed by atoms with Gasteiger partial charge in [-0.05, 0) is 36.3 Å². The van der Waals surface area contributed by atoms with Crippen LogP contribution in [0.5, 0.6) is 0 Å². The van der Waals surface area contributed by atoms with Gasteiger partial charge in [-0.15, -0.1) is 0 Å². The summed E-state index contributed by atoms with van der Waals surface area (Å²) in [4.78, 5) is 20.3. The number of benzene rings is 1. The lowest BCUT2D eigenvalue weighted by Gasteiger charge is -2.24. The van der Waals surface area contributed by atoms with Crippen LogP contribution in [-0.4, -0.2) is 54.9 Å². The summed E-state index contributed by atoms with van der Waals surface area (Å²) in [5.74, 6) is -1.91. The summed E-state index contributed by atoms with van der Waals surface area (Å²) in [6.45, 7) is 0.469. The Bertz CT molecular complexity index is 1230. The van der Waals surface area contributed by atoms with E-state index in [0.29, 0.717) is 16.8 Å². The third-order valence-electron chi connectivity index (χ3n) is 4.81. The van der Waals surface area contributed by atoms with E-state index >= 15 is 0 Å². The van der Waals surface area contributed by atoms with Gasteiger partial charge in [0.25, 0.3) is 0 Å². The van der Waals surface area contributed by atoms with Crippen LogP contribution in [-0.2, 0) is 19.6 Å². The molecule has 1 aliphatic heterocycles. The molecule has 1 fully saturated rings. The van der Waals surface area contributed by atoms with Crippen molar-refractivity contribution in [2.75, 3.05) is 17.5 Å². The third-order valence-corrected chi connectivity index (χ3v) is 5.63. The van der Waals surface area contributed by atoms with Crippen LogP contribution in [0.25, 0.3) is 17.3 Å². The second-order valence-electron chi connectivity index (χ2n) is 7.84. The van der Waals surface area contributed by atoms with Crippen molar-refractivity contribution in [3.8, 4) is 11.3 Å². The fourth-order valence-electron chi connectivity index (χ4n) is 3.28. The third kappa shape index (κ3) is 5.49. The molecule has 2 heterocycles. The van der Waals surface area contributed by atoms with Crippen molar-refractivity contribution in [2.45, 2.75) is 44.8 Å². The number of aromatic nitrogens is 2. The summed E-state index contributed by atoms with van der Waals surface area (Å²) in [5, 5.41) is 9.89. The van der Waals surface area contributed by atoms with Crippen molar-refractivity contribution in [3.05, 3.63) is 47.4 Å². The van der Waals surface area contributed by atoms with E-state index in [1.54, 1.807) is 26.0 Å². The van der Waals surface area contributed by atoms with Gasteiger partial charge in [0.1, 0.15) is 11.9 Å². The van der Waals surface area contributed by atoms with Gasteiger partial charge in [0.2, 0.25) is 16.0 Å². The van der Waals surface area contributed by atoms with Crippen molar-refractivity contribution < 1.29 is 31.6 Å². The first-order valence-electron chi connectivity index (χ1n) is 11.4. The summed E-state index contributed by atoms with van der Waals surface area (Å²) in [6, 6.07) is 5.23. The predicted octanol–water partition coefficient (Wildman–Crippen LogP) is 2.88. The number of sulfonamides is 1. The summed E-state index contributed by atoms with van der Waals surface area (Å²) in [7, 11) is -4.30. The molecule has 32 heavy (non-hydrogen) atoms. The van der Waals surface area contributed by atoms with Gasteiger partial charge >= 0.3 is 5.97 Å². The van der Waals surface area contributed by atoms with Crippen LogP contribution in [0.3, 0.4) is 0 Å². The van der Waals surface area contributed by atoms with E-state index < -0.39 is 46.9 Å². The van der Waals surface area contributed by atoms with E-state index in [0.717, 1.165) is 6.26 Å². The minimum Gasteiger partial charge on any atom is -0.458 e. The number of carbonyl (C=O) groups is 1. The van der Waals surface area contributed by atoms with E-state index in [2.05, 4.69) is 9.97 Å². The highest BCUT2D eigenvalue weighted by molar-refractivity contribution is 7.92. The molecule has 0 unspecified atom stereocenters. The number of hydrogen-bond acceptors (Lipinski definition) is 7. The van der Waals surface area contributed by atoms with Gasteiger partial charge in [0.05, 0.1) is 30.2 Å². The predicted molar refractivity (Wildman–Crippen MR) is 119 cm³/mol. The molecule has 1 saturated heterocycles. The standard InChI is InChI=1S/C22H26FN3O5S/c1-13(2)20-18(10-9-17-11-16(27)12-19(28)31-17)21(14-5-7-15(23)8-6-14)25-22(24-20)26(3)32(4,29)30/h5-10,13,16-17,27H,11-12H2,1-4H3/b10-9+/t16-,17-/m1/s1/i3+1D3. The van der Waals surface area contributed by atoms with Crippen molar-refractivity contribution in [1.29, 1.82) is 0 Å². The minimum absolute atomic E-state index is 0.101. The Morgan fingerprint density at radius 3 is 2.56 bits per heavy atom. The summed E-state index contributed by atoms with van der Waals surface area (Å²) >= 11 is 0. The molecule has 1 aliphatic rings. The number of cyclic esters (lactones) is 1. The molecule has 172 valence electrons. The molecule has 2 aromatic rings. The maximum Gasteiger partial charge on any atom is 0.309 e. The molecule has 0 amide bonds. The minimum atomic E-state index is -4.30. The first kappa shape index (κ1) is 19.8. The Hall–Kier alpha value is -2.85. The molecule has 1 aromatic heterocycles. The number of nitrogens with zero attached hydrogens (tertiary/aromatic N) is 3. The number of esters is 1. The summed E-state index contributed by atoms with van der Waals surface area (Å²) < 4.78 is 67.0. The topological polar surface area (TPSA) is 110 Å². The summed E-state index contributed by atoms with van der Waals surface area (Å²) in [5.41, 5.74) is 1.28. The van der Waals surface area contributed by atoms with Crippen LogP contribution in [0.15, 0.2) is 30.3 Å². The molecule has 0 bridgehead atoms. The Balaban J connectivity index is 2.26. The molecule has 0 radical (unpaired) electrons. The highest BCUT2D eigenvalue weighted by atomic mass is 32.2. The molecule has 0 saturated carbocycles. The molecular weight excluding hydrogens is 438 g/mol.